The number of nitrogens with one attached hydrogen (secondary N) is 1. The number of carbonyl (C=O) groups is 3. The fourth-order valence-corrected chi connectivity index (χ4v) is 4.61. The summed E-state index contributed by atoms with van der Waals surface area (Å²) in [6, 6.07) is 1.57. The SMILES string of the molecule is CCN(C(=O)CN1C(=O)NC(C)(c2ccsc2)C1=O)C1CCCCC1. The van der Waals surface area contributed by atoms with E-state index in [2.05, 4.69) is 5.32 Å². The monoisotopic (exact) mass is 363 g/mol. The molecule has 1 aliphatic heterocycles. The van der Waals surface area contributed by atoms with Crippen LogP contribution >= 0.6 is 11.3 Å². The first-order valence-corrected chi connectivity index (χ1v) is 9.88. The van der Waals surface area contributed by atoms with Crippen molar-refractivity contribution in [3.63, 3.8) is 0 Å². The van der Waals surface area contributed by atoms with Crippen molar-refractivity contribution in [3.05, 3.63) is 22.4 Å². The lowest BCUT2D eigenvalue weighted by Gasteiger charge is -2.34. The van der Waals surface area contributed by atoms with E-state index in [0.717, 1.165) is 36.1 Å². The number of amides is 4. The van der Waals surface area contributed by atoms with Gasteiger partial charge in [-0.1, -0.05) is 19.3 Å². The molecular weight excluding hydrogens is 338 g/mol. The number of imide groups is 1. The molecule has 0 radical (unpaired) electrons. The van der Waals surface area contributed by atoms with Crippen molar-refractivity contribution < 1.29 is 14.4 Å². The molecule has 1 N–H and O–H groups in total. The standard InChI is InChI=1S/C18H25N3O3S/c1-3-20(14-7-5-4-6-8-14)15(22)11-21-16(23)18(2,19-17(21)24)13-9-10-25-12-13/h9-10,12,14H,3-8,11H2,1-2H3,(H,19,24). The van der Waals surface area contributed by atoms with E-state index < -0.39 is 11.6 Å². The van der Waals surface area contributed by atoms with Gasteiger partial charge in [-0.3, -0.25) is 14.5 Å². The van der Waals surface area contributed by atoms with Crippen LogP contribution in [0.4, 0.5) is 4.79 Å². The average molecular weight is 363 g/mol. The summed E-state index contributed by atoms with van der Waals surface area (Å²) in [5.41, 5.74) is -0.329. The molecule has 6 nitrogen and oxygen atoms in total. The van der Waals surface area contributed by atoms with Gasteiger partial charge < -0.3 is 10.2 Å². The second-order valence-electron chi connectivity index (χ2n) is 6.93. The van der Waals surface area contributed by atoms with E-state index in [1.165, 1.54) is 17.8 Å². The Bertz CT molecular complexity index is 655. The zero-order valence-electron chi connectivity index (χ0n) is 14.8. The first-order chi connectivity index (χ1) is 12.0. The van der Waals surface area contributed by atoms with E-state index in [1.807, 2.05) is 28.7 Å². The molecule has 1 aromatic heterocycles. The Morgan fingerprint density at radius 2 is 2.08 bits per heavy atom. The molecule has 0 bridgehead atoms. The van der Waals surface area contributed by atoms with Crippen molar-refractivity contribution in [1.29, 1.82) is 0 Å². The van der Waals surface area contributed by atoms with E-state index in [-0.39, 0.29) is 24.4 Å². The number of carbonyl (C=O) groups excluding carboxylic acids is 3. The second-order valence-corrected chi connectivity index (χ2v) is 7.71. The summed E-state index contributed by atoms with van der Waals surface area (Å²) in [6.07, 6.45) is 5.49. The van der Waals surface area contributed by atoms with Crippen LogP contribution in [0.5, 0.6) is 0 Å². The van der Waals surface area contributed by atoms with E-state index in [9.17, 15) is 14.4 Å². The zero-order chi connectivity index (χ0) is 18.0. The summed E-state index contributed by atoms with van der Waals surface area (Å²) in [6.45, 7) is 4.07. The Hall–Kier alpha value is -1.89. The highest BCUT2D eigenvalue weighted by molar-refractivity contribution is 7.08. The summed E-state index contributed by atoms with van der Waals surface area (Å²) >= 11 is 1.47. The maximum absolute atomic E-state index is 12.8. The normalized spacial score (nSPS) is 24.5. The highest BCUT2D eigenvalue weighted by atomic mass is 32.1. The molecule has 1 aliphatic carbocycles. The molecular formula is C18H25N3O3S. The van der Waals surface area contributed by atoms with Crippen LogP contribution in [0.2, 0.25) is 0 Å². The van der Waals surface area contributed by atoms with Gasteiger partial charge in [0.25, 0.3) is 5.91 Å². The topological polar surface area (TPSA) is 69.7 Å². The molecule has 0 spiro atoms. The Morgan fingerprint density at radius 1 is 1.36 bits per heavy atom. The van der Waals surface area contributed by atoms with Crippen LogP contribution in [0, 0.1) is 0 Å². The van der Waals surface area contributed by atoms with Gasteiger partial charge in [0.15, 0.2) is 0 Å². The molecule has 3 rings (SSSR count). The minimum absolute atomic E-state index is 0.146. The minimum atomic E-state index is -1.08. The molecule has 0 aromatic carbocycles. The van der Waals surface area contributed by atoms with Crippen LogP contribution in [0.3, 0.4) is 0 Å². The third-order valence-corrected chi connectivity index (χ3v) is 6.03. The number of hydrogen-bond acceptors (Lipinski definition) is 4. The van der Waals surface area contributed by atoms with Crippen molar-refractivity contribution in [2.24, 2.45) is 0 Å². The Labute approximate surface area is 152 Å². The Kier molecular flexibility index (Phi) is 5.13. The molecule has 136 valence electrons. The molecule has 25 heavy (non-hydrogen) atoms. The molecule has 1 saturated heterocycles. The van der Waals surface area contributed by atoms with Crippen molar-refractivity contribution in [2.45, 2.75) is 57.5 Å². The number of nitrogens with zero attached hydrogens (tertiary/aromatic N) is 2. The van der Waals surface area contributed by atoms with E-state index in [4.69, 9.17) is 0 Å². The quantitative estimate of drug-likeness (QED) is 0.818. The number of thiophene rings is 1. The zero-order valence-corrected chi connectivity index (χ0v) is 15.6. The van der Waals surface area contributed by atoms with Crippen molar-refractivity contribution in [1.82, 2.24) is 15.1 Å². The van der Waals surface area contributed by atoms with Gasteiger partial charge in [-0.25, -0.2) is 4.79 Å². The number of likely N-dealkylation sites (N-methyl/N-ethyl adjacent to an activating group) is 1. The highest BCUT2D eigenvalue weighted by Crippen LogP contribution is 2.30. The summed E-state index contributed by atoms with van der Waals surface area (Å²) in [7, 11) is 0. The Morgan fingerprint density at radius 3 is 2.68 bits per heavy atom. The van der Waals surface area contributed by atoms with E-state index in [1.54, 1.807) is 6.92 Å². The largest absolute Gasteiger partial charge is 0.338 e. The van der Waals surface area contributed by atoms with Crippen LogP contribution in [0.15, 0.2) is 16.8 Å². The van der Waals surface area contributed by atoms with Gasteiger partial charge in [0, 0.05) is 12.6 Å². The lowest BCUT2D eigenvalue weighted by atomic mass is 9.94. The van der Waals surface area contributed by atoms with Crippen LogP contribution in [0.1, 0.15) is 51.5 Å². The Balaban J connectivity index is 1.72. The predicted octanol–water partition coefficient (Wildman–Crippen LogP) is 2.70. The number of rotatable bonds is 5. The van der Waals surface area contributed by atoms with Crippen LogP contribution < -0.4 is 5.32 Å². The third-order valence-electron chi connectivity index (χ3n) is 5.34. The minimum Gasteiger partial charge on any atom is -0.338 e. The maximum Gasteiger partial charge on any atom is 0.325 e. The lowest BCUT2D eigenvalue weighted by Crippen LogP contribution is -2.48. The molecule has 2 fully saturated rings. The first kappa shape index (κ1) is 17.9. The highest BCUT2D eigenvalue weighted by Gasteiger charge is 2.50. The van der Waals surface area contributed by atoms with Crippen LogP contribution in [-0.2, 0) is 15.1 Å². The third kappa shape index (κ3) is 3.29. The second kappa shape index (κ2) is 7.15. The van der Waals surface area contributed by atoms with E-state index in [0.29, 0.717) is 6.54 Å². The van der Waals surface area contributed by atoms with Crippen LogP contribution in [0.25, 0.3) is 0 Å². The molecule has 1 aromatic rings. The molecule has 1 saturated carbocycles. The summed E-state index contributed by atoms with van der Waals surface area (Å²) in [5.74, 6) is -0.503. The first-order valence-electron chi connectivity index (χ1n) is 8.93. The number of urea groups is 1. The lowest BCUT2D eigenvalue weighted by molar-refractivity contribution is -0.140. The van der Waals surface area contributed by atoms with Crippen LogP contribution in [-0.4, -0.2) is 46.8 Å². The van der Waals surface area contributed by atoms with Gasteiger partial charge in [0.05, 0.1) is 0 Å². The van der Waals surface area contributed by atoms with Crippen molar-refractivity contribution >= 4 is 29.2 Å². The number of hydrogen-bond donors (Lipinski definition) is 1. The van der Waals surface area contributed by atoms with Gasteiger partial charge in [0.2, 0.25) is 5.91 Å². The van der Waals surface area contributed by atoms with E-state index >= 15 is 0 Å². The summed E-state index contributed by atoms with van der Waals surface area (Å²) in [4.78, 5) is 40.8. The average Bonchev–Trinajstić information content (AvgIpc) is 3.21. The van der Waals surface area contributed by atoms with Crippen molar-refractivity contribution in [2.75, 3.05) is 13.1 Å². The van der Waals surface area contributed by atoms with Gasteiger partial charge in [-0.15, -0.1) is 0 Å². The van der Waals surface area contributed by atoms with Gasteiger partial charge in [0.1, 0.15) is 12.1 Å². The van der Waals surface area contributed by atoms with Gasteiger partial charge >= 0.3 is 6.03 Å². The van der Waals surface area contributed by atoms with Gasteiger partial charge in [-0.2, -0.15) is 11.3 Å². The molecule has 2 heterocycles. The smallest absolute Gasteiger partial charge is 0.325 e. The fourth-order valence-electron chi connectivity index (χ4n) is 3.84. The van der Waals surface area contributed by atoms with Crippen molar-refractivity contribution in [3.8, 4) is 0 Å². The molecule has 2 aliphatic rings. The molecule has 1 unspecified atom stereocenters. The fraction of sp³-hybridized carbons (Fsp3) is 0.611. The summed E-state index contributed by atoms with van der Waals surface area (Å²) in [5, 5.41) is 6.47. The maximum atomic E-state index is 12.8. The van der Waals surface area contributed by atoms with Gasteiger partial charge in [-0.05, 0) is 49.1 Å². The molecule has 4 amide bonds. The molecule has 1 atom stereocenters. The molecule has 7 heteroatoms. The predicted molar refractivity (Wildman–Crippen MR) is 96.2 cm³/mol. The summed E-state index contributed by atoms with van der Waals surface area (Å²) < 4.78 is 0.